The van der Waals surface area contributed by atoms with Gasteiger partial charge in [-0.25, -0.2) is 0 Å². The van der Waals surface area contributed by atoms with Crippen LogP contribution >= 0.6 is 11.6 Å². The summed E-state index contributed by atoms with van der Waals surface area (Å²) in [5.41, 5.74) is 5.41. The Hall–Kier alpha value is -1.30. The summed E-state index contributed by atoms with van der Waals surface area (Å²) in [5.74, 6) is 0.457. The Bertz CT molecular complexity index is 519. The van der Waals surface area contributed by atoms with E-state index in [4.69, 9.17) is 26.8 Å². The zero-order valence-electron chi connectivity index (χ0n) is 11.9. The molecule has 1 atom stereocenters. The van der Waals surface area contributed by atoms with E-state index >= 15 is 0 Å². The second-order valence-electron chi connectivity index (χ2n) is 5.22. The van der Waals surface area contributed by atoms with E-state index in [2.05, 4.69) is 0 Å². The minimum atomic E-state index is -0.921. The van der Waals surface area contributed by atoms with Crippen molar-refractivity contribution in [3.8, 4) is 5.75 Å². The van der Waals surface area contributed by atoms with Crippen molar-refractivity contribution in [2.75, 3.05) is 25.1 Å². The highest BCUT2D eigenvalue weighted by Gasteiger charge is 2.42. The van der Waals surface area contributed by atoms with E-state index in [-0.39, 0.29) is 12.0 Å². The van der Waals surface area contributed by atoms with Gasteiger partial charge in [0.2, 0.25) is 0 Å². The predicted molar refractivity (Wildman–Crippen MR) is 78.4 cm³/mol. The molecular formula is C14H19ClN2O3. The summed E-state index contributed by atoms with van der Waals surface area (Å²) < 4.78 is 11.0. The predicted octanol–water partition coefficient (Wildman–Crippen LogP) is 1.82. The number of benzene rings is 1. The standard InChI is InChI=1S/C14H19ClN2O3/c1-14(2)13(18)17(8-10(7-16)20-14)11-6-9(15)4-5-12(11)19-3/h4-6,10H,7-8,16H2,1-3H3. The molecule has 20 heavy (non-hydrogen) atoms. The summed E-state index contributed by atoms with van der Waals surface area (Å²) in [7, 11) is 1.56. The molecule has 6 heteroatoms. The van der Waals surface area contributed by atoms with Crippen molar-refractivity contribution in [3.05, 3.63) is 23.2 Å². The maximum Gasteiger partial charge on any atom is 0.258 e. The molecule has 1 aliphatic rings. The fourth-order valence-electron chi connectivity index (χ4n) is 2.32. The minimum absolute atomic E-state index is 0.136. The maximum atomic E-state index is 12.5. The van der Waals surface area contributed by atoms with Gasteiger partial charge in [-0.3, -0.25) is 4.79 Å². The number of nitrogens with two attached hydrogens (primary N) is 1. The topological polar surface area (TPSA) is 64.8 Å². The molecule has 0 radical (unpaired) electrons. The number of nitrogens with zero attached hydrogens (tertiary/aromatic N) is 1. The molecule has 0 aliphatic carbocycles. The van der Waals surface area contributed by atoms with E-state index in [1.807, 2.05) is 0 Å². The summed E-state index contributed by atoms with van der Waals surface area (Å²) in [6.45, 7) is 4.20. The SMILES string of the molecule is COc1ccc(Cl)cc1N1CC(CN)OC(C)(C)C1=O. The van der Waals surface area contributed by atoms with Crippen LogP contribution in [0.25, 0.3) is 0 Å². The molecule has 1 aromatic carbocycles. The molecule has 0 aromatic heterocycles. The highest BCUT2D eigenvalue weighted by Crippen LogP contribution is 2.35. The van der Waals surface area contributed by atoms with E-state index in [9.17, 15) is 4.79 Å². The molecule has 0 bridgehead atoms. The lowest BCUT2D eigenvalue weighted by Crippen LogP contribution is -2.59. The molecule has 2 rings (SSSR count). The van der Waals surface area contributed by atoms with Gasteiger partial charge in [0.1, 0.15) is 11.4 Å². The van der Waals surface area contributed by atoms with Crippen LogP contribution in [0.5, 0.6) is 5.75 Å². The summed E-state index contributed by atoms with van der Waals surface area (Å²) in [6.07, 6.45) is -0.216. The number of amides is 1. The average Bonchev–Trinajstić information content (AvgIpc) is 2.41. The van der Waals surface area contributed by atoms with Crippen molar-refractivity contribution in [1.82, 2.24) is 0 Å². The Morgan fingerprint density at radius 2 is 2.25 bits per heavy atom. The molecule has 1 aromatic rings. The van der Waals surface area contributed by atoms with Crippen molar-refractivity contribution in [2.45, 2.75) is 25.6 Å². The normalized spacial score (nSPS) is 21.9. The zero-order valence-corrected chi connectivity index (χ0v) is 12.6. The molecule has 1 saturated heterocycles. The van der Waals surface area contributed by atoms with Crippen LogP contribution in [0.4, 0.5) is 5.69 Å². The molecule has 0 saturated carbocycles. The quantitative estimate of drug-likeness (QED) is 0.924. The number of ether oxygens (including phenoxy) is 2. The Labute approximate surface area is 123 Å². The van der Waals surface area contributed by atoms with Crippen LogP contribution in [0, 0.1) is 0 Å². The van der Waals surface area contributed by atoms with E-state index in [1.165, 1.54) is 0 Å². The number of hydrogen-bond acceptors (Lipinski definition) is 4. The van der Waals surface area contributed by atoms with Crippen LogP contribution in [0.3, 0.4) is 0 Å². The van der Waals surface area contributed by atoms with Crippen LogP contribution in [-0.2, 0) is 9.53 Å². The molecule has 5 nitrogen and oxygen atoms in total. The summed E-state index contributed by atoms with van der Waals surface area (Å²) in [6, 6.07) is 5.18. The molecular weight excluding hydrogens is 280 g/mol. The number of morpholine rings is 1. The third-order valence-corrected chi connectivity index (χ3v) is 3.54. The van der Waals surface area contributed by atoms with Crippen LogP contribution in [0.15, 0.2) is 18.2 Å². The number of hydrogen-bond donors (Lipinski definition) is 1. The molecule has 1 heterocycles. The van der Waals surface area contributed by atoms with E-state index in [0.29, 0.717) is 29.5 Å². The third-order valence-electron chi connectivity index (χ3n) is 3.30. The van der Waals surface area contributed by atoms with Gasteiger partial charge in [-0.15, -0.1) is 0 Å². The lowest BCUT2D eigenvalue weighted by molar-refractivity contribution is -0.153. The van der Waals surface area contributed by atoms with E-state index in [1.54, 1.807) is 44.1 Å². The van der Waals surface area contributed by atoms with Crippen molar-refractivity contribution in [2.24, 2.45) is 5.73 Å². The molecule has 1 amide bonds. The van der Waals surface area contributed by atoms with Crippen molar-refractivity contribution in [1.29, 1.82) is 0 Å². The van der Waals surface area contributed by atoms with E-state index in [0.717, 1.165) is 0 Å². The van der Waals surface area contributed by atoms with Gasteiger partial charge >= 0.3 is 0 Å². The summed E-state index contributed by atoms with van der Waals surface area (Å²) >= 11 is 6.03. The first-order chi connectivity index (χ1) is 9.39. The van der Waals surface area contributed by atoms with Gasteiger partial charge in [-0.1, -0.05) is 11.6 Å². The Morgan fingerprint density at radius 1 is 1.55 bits per heavy atom. The number of anilines is 1. The smallest absolute Gasteiger partial charge is 0.258 e. The second kappa shape index (κ2) is 5.60. The lowest BCUT2D eigenvalue weighted by Gasteiger charge is -2.41. The Kier molecular flexibility index (Phi) is 4.22. The highest BCUT2D eigenvalue weighted by molar-refractivity contribution is 6.31. The van der Waals surface area contributed by atoms with Gasteiger partial charge in [0.15, 0.2) is 0 Å². The Morgan fingerprint density at radius 3 is 2.85 bits per heavy atom. The number of carbonyl (C=O) groups excluding carboxylic acids is 1. The second-order valence-corrected chi connectivity index (χ2v) is 5.65. The molecule has 0 spiro atoms. The number of carbonyl (C=O) groups is 1. The number of methoxy groups -OCH3 is 1. The molecule has 1 fully saturated rings. The number of rotatable bonds is 3. The first-order valence-corrected chi connectivity index (χ1v) is 6.80. The first-order valence-electron chi connectivity index (χ1n) is 6.42. The van der Waals surface area contributed by atoms with Gasteiger partial charge in [0, 0.05) is 11.6 Å². The fraction of sp³-hybridized carbons (Fsp3) is 0.500. The van der Waals surface area contributed by atoms with Gasteiger partial charge in [-0.2, -0.15) is 0 Å². The third kappa shape index (κ3) is 2.75. The van der Waals surface area contributed by atoms with Gasteiger partial charge in [-0.05, 0) is 32.0 Å². The van der Waals surface area contributed by atoms with Gasteiger partial charge in [0.05, 0.1) is 25.4 Å². The maximum absolute atomic E-state index is 12.5. The van der Waals surface area contributed by atoms with Crippen molar-refractivity contribution >= 4 is 23.2 Å². The van der Waals surface area contributed by atoms with Gasteiger partial charge < -0.3 is 20.1 Å². The minimum Gasteiger partial charge on any atom is -0.495 e. The van der Waals surface area contributed by atoms with Crippen molar-refractivity contribution in [3.63, 3.8) is 0 Å². The molecule has 2 N–H and O–H groups in total. The zero-order chi connectivity index (χ0) is 14.9. The van der Waals surface area contributed by atoms with E-state index < -0.39 is 5.60 Å². The van der Waals surface area contributed by atoms with Crippen LogP contribution < -0.4 is 15.4 Å². The fourth-order valence-corrected chi connectivity index (χ4v) is 2.49. The molecule has 1 aliphatic heterocycles. The summed E-state index contributed by atoms with van der Waals surface area (Å²) in [4.78, 5) is 14.2. The average molecular weight is 299 g/mol. The van der Waals surface area contributed by atoms with Crippen LogP contribution in [0.2, 0.25) is 5.02 Å². The Balaban J connectivity index is 2.44. The highest BCUT2D eigenvalue weighted by atomic mass is 35.5. The largest absolute Gasteiger partial charge is 0.495 e. The monoisotopic (exact) mass is 298 g/mol. The number of halogens is 1. The molecule has 110 valence electrons. The van der Waals surface area contributed by atoms with Crippen molar-refractivity contribution < 1.29 is 14.3 Å². The van der Waals surface area contributed by atoms with Crippen LogP contribution in [0.1, 0.15) is 13.8 Å². The first kappa shape index (κ1) is 15.1. The lowest BCUT2D eigenvalue weighted by atomic mass is 10.0. The van der Waals surface area contributed by atoms with Gasteiger partial charge in [0.25, 0.3) is 5.91 Å². The summed E-state index contributed by atoms with van der Waals surface area (Å²) in [5, 5.41) is 0.544. The molecule has 1 unspecified atom stereocenters. The van der Waals surface area contributed by atoms with Crippen LogP contribution in [-0.4, -0.2) is 37.8 Å².